The lowest BCUT2D eigenvalue weighted by molar-refractivity contribution is 0.0685. The molecule has 1 unspecified atom stereocenters. The molecule has 1 aromatic carbocycles. The molecule has 0 heterocycles. The molecule has 18 heavy (non-hydrogen) atoms. The third-order valence-electron chi connectivity index (χ3n) is 2.36. The number of nitrogens with one attached hydrogen (secondary N) is 2. The molecule has 0 bridgehead atoms. The number of hydrogen-bond acceptors (Lipinski definition) is 3. The number of amides is 2. The van der Waals surface area contributed by atoms with E-state index in [0.29, 0.717) is 19.8 Å². The molecule has 5 heteroatoms. The van der Waals surface area contributed by atoms with Crippen LogP contribution in [0.5, 0.6) is 0 Å². The highest BCUT2D eigenvalue weighted by Crippen LogP contribution is 2.01. The lowest BCUT2D eigenvalue weighted by Crippen LogP contribution is -2.45. The fourth-order valence-electron chi connectivity index (χ4n) is 1.48. The molecule has 0 spiro atoms. The summed E-state index contributed by atoms with van der Waals surface area (Å²) in [7, 11) is 3.17. The number of carbonyl (C=O) groups is 1. The zero-order valence-corrected chi connectivity index (χ0v) is 10.8. The lowest BCUT2D eigenvalue weighted by Gasteiger charge is -2.17. The van der Waals surface area contributed by atoms with E-state index in [1.807, 2.05) is 30.3 Å². The fourth-order valence-corrected chi connectivity index (χ4v) is 1.48. The summed E-state index contributed by atoms with van der Waals surface area (Å²) in [6, 6.07) is 9.50. The van der Waals surface area contributed by atoms with Gasteiger partial charge in [-0.3, -0.25) is 0 Å². The molecule has 5 nitrogen and oxygen atoms in total. The van der Waals surface area contributed by atoms with E-state index in [4.69, 9.17) is 9.47 Å². The summed E-state index contributed by atoms with van der Waals surface area (Å²) >= 11 is 0. The minimum Gasteiger partial charge on any atom is -0.382 e. The van der Waals surface area contributed by atoms with Gasteiger partial charge in [0.05, 0.1) is 25.9 Å². The van der Waals surface area contributed by atoms with Gasteiger partial charge in [0.25, 0.3) is 0 Å². The van der Waals surface area contributed by atoms with Crippen LogP contribution in [0.25, 0.3) is 0 Å². The maximum absolute atomic E-state index is 11.2. The molecule has 100 valence electrons. The Labute approximate surface area is 107 Å². The average molecular weight is 252 g/mol. The molecule has 2 amide bonds. The minimum absolute atomic E-state index is 0.154. The molecule has 0 saturated heterocycles. The van der Waals surface area contributed by atoms with Crippen LogP contribution < -0.4 is 10.6 Å². The van der Waals surface area contributed by atoms with Gasteiger partial charge in [-0.1, -0.05) is 30.3 Å². The number of hydrogen-bond donors (Lipinski definition) is 2. The summed E-state index contributed by atoms with van der Waals surface area (Å²) in [4.78, 5) is 11.2. The van der Waals surface area contributed by atoms with Crippen LogP contribution in [0.3, 0.4) is 0 Å². The first kappa shape index (κ1) is 14.5. The van der Waals surface area contributed by atoms with Crippen LogP contribution in [-0.4, -0.2) is 39.4 Å². The van der Waals surface area contributed by atoms with Gasteiger partial charge in [-0.15, -0.1) is 0 Å². The van der Waals surface area contributed by atoms with Crippen LogP contribution in [-0.2, 0) is 16.1 Å². The van der Waals surface area contributed by atoms with Crippen molar-refractivity contribution in [3.8, 4) is 0 Å². The lowest BCUT2D eigenvalue weighted by atomic mass is 10.2. The molecular formula is C13H20N2O3. The SMILES string of the molecule is CNC(=O)NC(COC)COCc1ccccc1. The van der Waals surface area contributed by atoms with Crippen molar-refractivity contribution in [2.24, 2.45) is 0 Å². The number of urea groups is 1. The van der Waals surface area contributed by atoms with Crippen LogP contribution in [0, 0.1) is 0 Å². The highest BCUT2D eigenvalue weighted by Gasteiger charge is 2.11. The second-order valence-corrected chi connectivity index (χ2v) is 3.88. The van der Waals surface area contributed by atoms with Crippen molar-refractivity contribution in [3.05, 3.63) is 35.9 Å². The molecule has 0 aliphatic rings. The Bertz CT molecular complexity index is 343. The third kappa shape index (κ3) is 5.65. The number of carbonyl (C=O) groups excluding carboxylic acids is 1. The van der Waals surface area contributed by atoms with Crippen LogP contribution in [0.4, 0.5) is 4.79 Å². The van der Waals surface area contributed by atoms with Gasteiger partial charge < -0.3 is 20.1 Å². The first-order valence-corrected chi connectivity index (χ1v) is 5.85. The standard InChI is InChI=1S/C13H20N2O3/c1-14-13(16)15-12(9-17-2)10-18-8-11-6-4-3-5-7-11/h3-7,12H,8-10H2,1-2H3,(H2,14,15,16). The smallest absolute Gasteiger partial charge is 0.314 e. The van der Waals surface area contributed by atoms with Gasteiger partial charge in [-0.25, -0.2) is 4.79 Å². The van der Waals surface area contributed by atoms with E-state index in [9.17, 15) is 4.79 Å². The quantitative estimate of drug-likeness (QED) is 0.765. The maximum Gasteiger partial charge on any atom is 0.314 e. The number of rotatable bonds is 7. The molecule has 2 N–H and O–H groups in total. The molecule has 0 fully saturated rings. The van der Waals surface area contributed by atoms with Crippen molar-refractivity contribution < 1.29 is 14.3 Å². The molecule has 0 radical (unpaired) electrons. The summed E-state index contributed by atoms with van der Waals surface area (Å²) in [6.45, 7) is 1.36. The van der Waals surface area contributed by atoms with Gasteiger partial charge >= 0.3 is 6.03 Å². The van der Waals surface area contributed by atoms with E-state index in [1.54, 1.807) is 14.2 Å². The Morgan fingerprint density at radius 2 is 2.00 bits per heavy atom. The van der Waals surface area contributed by atoms with E-state index in [-0.39, 0.29) is 12.1 Å². The summed E-state index contributed by atoms with van der Waals surface area (Å²) in [5.74, 6) is 0. The molecule has 0 aliphatic heterocycles. The van der Waals surface area contributed by atoms with Gasteiger partial charge in [0, 0.05) is 14.2 Å². The number of ether oxygens (including phenoxy) is 2. The summed E-state index contributed by atoms with van der Waals surface area (Å²) < 4.78 is 10.6. The summed E-state index contributed by atoms with van der Waals surface area (Å²) in [6.07, 6.45) is 0. The van der Waals surface area contributed by atoms with Crippen LogP contribution >= 0.6 is 0 Å². The topological polar surface area (TPSA) is 59.6 Å². The van der Waals surface area contributed by atoms with Gasteiger partial charge in [-0.2, -0.15) is 0 Å². The predicted molar refractivity (Wildman–Crippen MR) is 69.4 cm³/mol. The van der Waals surface area contributed by atoms with E-state index in [1.165, 1.54) is 0 Å². The Hall–Kier alpha value is -1.59. The van der Waals surface area contributed by atoms with E-state index in [0.717, 1.165) is 5.56 Å². The second kappa shape index (κ2) is 8.49. The average Bonchev–Trinajstić information content (AvgIpc) is 2.40. The van der Waals surface area contributed by atoms with Crippen LogP contribution in [0.1, 0.15) is 5.56 Å². The van der Waals surface area contributed by atoms with Gasteiger partial charge in [0.15, 0.2) is 0 Å². The van der Waals surface area contributed by atoms with Crippen molar-refractivity contribution in [2.75, 3.05) is 27.4 Å². The van der Waals surface area contributed by atoms with Crippen molar-refractivity contribution in [3.63, 3.8) is 0 Å². The predicted octanol–water partition coefficient (Wildman–Crippen LogP) is 1.15. The maximum atomic E-state index is 11.2. The zero-order chi connectivity index (χ0) is 13.2. The van der Waals surface area contributed by atoms with Gasteiger partial charge in [0.2, 0.25) is 0 Å². The molecule has 1 rings (SSSR count). The van der Waals surface area contributed by atoms with Crippen molar-refractivity contribution >= 4 is 6.03 Å². The second-order valence-electron chi connectivity index (χ2n) is 3.88. The van der Waals surface area contributed by atoms with Crippen LogP contribution in [0.2, 0.25) is 0 Å². The molecular weight excluding hydrogens is 232 g/mol. The zero-order valence-electron chi connectivity index (χ0n) is 10.8. The molecule has 1 aromatic rings. The highest BCUT2D eigenvalue weighted by atomic mass is 16.5. The van der Waals surface area contributed by atoms with Gasteiger partial charge in [-0.05, 0) is 5.56 Å². The Balaban J connectivity index is 2.31. The van der Waals surface area contributed by atoms with Crippen molar-refractivity contribution in [1.29, 1.82) is 0 Å². The highest BCUT2D eigenvalue weighted by molar-refractivity contribution is 5.73. The first-order chi connectivity index (χ1) is 8.76. The molecule has 0 saturated carbocycles. The van der Waals surface area contributed by atoms with E-state index in [2.05, 4.69) is 10.6 Å². The van der Waals surface area contributed by atoms with E-state index >= 15 is 0 Å². The monoisotopic (exact) mass is 252 g/mol. The molecule has 0 aromatic heterocycles. The Morgan fingerprint density at radius 1 is 1.28 bits per heavy atom. The van der Waals surface area contributed by atoms with Gasteiger partial charge in [0.1, 0.15) is 0 Å². The summed E-state index contributed by atoms with van der Waals surface area (Å²) in [5.41, 5.74) is 1.11. The first-order valence-electron chi connectivity index (χ1n) is 5.85. The molecule has 1 atom stereocenters. The third-order valence-corrected chi connectivity index (χ3v) is 2.36. The van der Waals surface area contributed by atoms with E-state index < -0.39 is 0 Å². The van der Waals surface area contributed by atoms with Crippen molar-refractivity contribution in [2.45, 2.75) is 12.6 Å². The molecule has 0 aliphatic carbocycles. The fraction of sp³-hybridized carbons (Fsp3) is 0.462. The Kier molecular flexibility index (Phi) is 6.83. The number of methoxy groups -OCH3 is 1. The summed E-state index contributed by atoms with van der Waals surface area (Å²) in [5, 5.41) is 5.25. The minimum atomic E-state index is -0.236. The number of benzene rings is 1. The largest absolute Gasteiger partial charge is 0.382 e. The Morgan fingerprint density at radius 3 is 2.61 bits per heavy atom. The van der Waals surface area contributed by atoms with Crippen molar-refractivity contribution in [1.82, 2.24) is 10.6 Å². The normalized spacial score (nSPS) is 11.9. The van der Waals surface area contributed by atoms with Crippen LogP contribution in [0.15, 0.2) is 30.3 Å².